The van der Waals surface area contributed by atoms with Crippen LogP contribution in [0.25, 0.3) is 0 Å². The number of rotatable bonds is 8. The van der Waals surface area contributed by atoms with Crippen LogP contribution in [0.4, 0.5) is 0 Å². The summed E-state index contributed by atoms with van der Waals surface area (Å²) >= 11 is 0. The van der Waals surface area contributed by atoms with E-state index in [2.05, 4.69) is 10.2 Å². The minimum Gasteiger partial charge on any atom is -0.383 e. The molecule has 3 N–H and O–H groups in total. The smallest absolute Gasteiger partial charge is 0.234 e. The molecular weight excluding hydrogens is 218 g/mol. The van der Waals surface area contributed by atoms with E-state index in [4.69, 9.17) is 10.5 Å². The number of primary amides is 1. The van der Waals surface area contributed by atoms with Crippen LogP contribution in [0.3, 0.4) is 0 Å². The highest BCUT2D eigenvalue weighted by molar-refractivity contribution is 5.79. The van der Waals surface area contributed by atoms with Crippen LogP contribution in [0.2, 0.25) is 0 Å². The lowest BCUT2D eigenvalue weighted by Crippen LogP contribution is -2.50. The topological polar surface area (TPSA) is 67.6 Å². The van der Waals surface area contributed by atoms with Gasteiger partial charge in [0.05, 0.1) is 12.6 Å². The van der Waals surface area contributed by atoms with Gasteiger partial charge in [0.25, 0.3) is 0 Å². The Kier molecular flexibility index (Phi) is 6.47. The normalized spacial score (nSPS) is 21.9. The number of amides is 1. The maximum Gasteiger partial charge on any atom is 0.234 e. The van der Waals surface area contributed by atoms with Crippen molar-refractivity contribution in [3.8, 4) is 0 Å². The number of methoxy groups -OCH3 is 1. The molecule has 1 aliphatic rings. The molecule has 0 aliphatic carbocycles. The molecule has 1 saturated heterocycles. The zero-order valence-corrected chi connectivity index (χ0v) is 10.9. The minimum atomic E-state index is -0.235. The number of carbonyl (C=O) groups excluding carboxylic acids is 1. The highest BCUT2D eigenvalue weighted by Crippen LogP contribution is 2.11. The fourth-order valence-electron chi connectivity index (χ4n) is 2.42. The van der Waals surface area contributed by atoms with E-state index in [9.17, 15) is 4.79 Å². The van der Waals surface area contributed by atoms with Crippen molar-refractivity contribution >= 4 is 5.91 Å². The Morgan fingerprint density at radius 2 is 2.41 bits per heavy atom. The van der Waals surface area contributed by atoms with Crippen LogP contribution in [0.1, 0.15) is 26.2 Å². The van der Waals surface area contributed by atoms with Crippen molar-refractivity contribution in [1.82, 2.24) is 10.2 Å². The third-order valence-corrected chi connectivity index (χ3v) is 3.36. The van der Waals surface area contributed by atoms with Gasteiger partial charge in [0, 0.05) is 26.2 Å². The second-order valence-corrected chi connectivity index (χ2v) is 4.61. The summed E-state index contributed by atoms with van der Waals surface area (Å²) in [6.45, 7) is 5.35. The van der Waals surface area contributed by atoms with Crippen LogP contribution in [0.15, 0.2) is 0 Å². The highest BCUT2D eigenvalue weighted by atomic mass is 16.5. The molecule has 5 nitrogen and oxygen atoms in total. The SMILES string of the molecule is CCC(C(N)=O)N(CCOC)CC1CCCN1. The molecule has 0 aromatic rings. The quantitative estimate of drug-likeness (QED) is 0.627. The summed E-state index contributed by atoms with van der Waals surface area (Å²) in [6.07, 6.45) is 3.15. The van der Waals surface area contributed by atoms with Crippen LogP contribution >= 0.6 is 0 Å². The van der Waals surface area contributed by atoms with Gasteiger partial charge in [-0.3, -0.25) is 9.69 Å². The fraction of sp³-hybridized carbons (Fsp3) is 0.917. The van der Waals surface area contributed by atoms with Crippen LogP contribution in [-0.2, 0) is 9.53 Å². The number of ether oxygens (including phenoxy) is 1. The molecule has 0 saturated carbocycles. The van der Waals surface area contributed by atoms with Gasteiger partial charge in [-0.05, 0) is 25.8 Å². The van der Waals surface area contributed by atoms with Gasteiger partial charge in [0.15, 0.2) is 0 Å². The number of hydrogen-bond acceptors (Lipinski definition) is 4. The van der Waals surface area contributed by atoms with Gasteiger partial charge in [-0.1, -0.05) is 6.92 Å². The molecule has 2 atom stereocenters. The summed E-state index contributed by atoms with van der Waals surface area (Å²) in [5, 5.41) is 3.45. The molecular formula is C12H25N3O2. The van der Waals surface area contributed by atoms with Crippen LogP contribution in [-0.4, -0.2) is 56.2 Å². The first-order valence-corrected chi connectivity index (χ1v) is 6.44. The van der Waals surface area contributed by atoms with Gasteiger partial charge in [-0.15, -0.1) is 0 Å². The molecule has 17 heavy (non-hydrogen) atoms. The van der Waals surface area contributed by atoms with Gasteiger partial charge in [-0.25, -0.2) is 0 Å². The largest absolute Gasteiger partial charge is 0.383 e. The summed E-state index contributed by atoms with van der Waals surface area (Å²) in [7, 11) is 1.68. The number of nitrogens with one attached hydrogen (secondary N) is 1. The Morgan fingerprint density at radius 3 is 2.88 bits per heavy atom. The van der Waals surface area contributed by atoms with Crippen molar-refractivity contribution in [3.63, 3.8) is 0 Å². The van der Waals surface area contributed by atoms with Gasteiger partial charge < -0.3 is 15.8 Å². The molecule has 1 aliphatic heterocycles. The summed E-state index contributed by atoms with van der Waals surface area (Å²) in [5.74, 6) is -0.235. The molecule has 100 valence electrons. The summed E-state index contributed by atoms with van der Waals surface area (Å²) < 4.78 is 5.10. The Balaban J connectivity index is 2.53. The average Bonchev–Trinajstić information content (AvgIpc) is 2.78. The molecule has 1 rings (SSSR count). The van der Waals surface area contributed by atoms with Gasteiger partial charge in [0.2, 0.25) is 5.91 Å². The molecule has 5 heteroatoms. The third-order valence-electron chi connectivity index (χ3n) is 3.36. The standard InChI is InChI=1S/C12H25N3O2/c1-3-11(12(13)16)15(7-8-17-2)9-10-5-4-6-14-10/h10-11,14H,3-9H2,1-2H3,(H2,13,16). The second kappa shape index (κ2) is 7.63. The Labute approximate surface area is 104 Å². The molecule has 1 heterocycles. The van der Waals surface area contributed by atoms with E-state index in [0.717, 1.165) is 26.1 Å². The maximum absolute atomic E-state index is 11.4. The van der Waals surface area contributed by atoms with E-state index in [0.29, 0.717) is 12.6 Å². The Morgan fingerprint density at radius 1 is 1.65 bits per heavy atom. The average molecular weight is 243 g/mol. The minimum absolute atomic E-state index is 0.174. The van der Waals surface area contributed by atoms with E-state index in [1.165, 1.54) is 12.8 Å². The van der Waals surface area contributed by atoms with E-state index >= 15 is 0 Å². The van der Waals surface area contributed by atoms with E-state index < -0.39 is 0 Å². The first-order valence-electron chi connectivity index (χ1n) is 6.44. The number of hydrogen-bond donors (Lipinski definition) is 2. The van der Waals surface area contributed by atoms with Crippen molar-refractivity contribution in [2.24, 2.45) is 5.73 Å². The lowest BCUT2D eigenvalue weighted by atomic mass is 10.1. The van der Waals surface area contributed by atoms with Crippen molar-refractivity contribution < 1.29 is 9.53 Å². The molecule has 0 aromatic heterocycles. The van der Waals surface area contributed by atoms with Gasteiger partial charge in [0.1, 0.15) is 0 Å². The third kappa shape index (κ3) is 4.61. The summed E-state index contributed by atoms with van der Waals surface area (Å²) in [5.41, 5.74) is 5.45. The zero-order valence-electron chi connectivity index (χ0n) is 10.9. The molecule has 1 fully saturated rings. The summed E-state index contributed by atoms with van der Waals surface area (Å²) in [4.78, 5) is 13.6. The number of carbonyl (C=O) groups is 1. The monoisotopic (exact) mass is 243 g/mol. The highest BCUT2D eigenvalue weighted by Gasteiger charge is 2.25. The van der Waals surface area contributed by atoms with Crippen molar-refractivity contribution in [2.75, 3.05) is 33.4 Å². The lowest BCUT2D eigenvalue weighted by Gasteiger charge is -2.30. The van der Waals surface area contributed by atoms with Crippen LogP contribution in [0, 0.1) is 0 Å². The molecule has 2 unspecified atom stereocenters. The van der Waals surface area contributed by atoms with E-state index in [1.807, 2.05) is 6.92 Å². The van der Waals surface area contributed by atoms with Crippen molar-refractivity contribution in [3.05, 3.63) is 0 Å². The second-order valence-electron chi connectivity index (χ2n) is 4.61. The number of nitrogens with zero attached hydrogens (tertiary/aromatic N) is 1. The maximum atomic E-state index is 11.4. The Hall–Kier alpha value is -0.650. The molecule has 0 bridgehead atoms. The first kappa shape index (κ1) is 14.4. The zero-order chi connectivity index (χ0) is 12.7. The van der Waals surface area contributed by atoms with Crippen molar-refractivity contribution in [2.45, 2.75) is 38.3 Å². The summed E-state index contributed by atoms with van der Waals surface area (Å²) in [6, 6.07) is 0.313. The van der Waals surface area contributed by atoms with E-state index in [1.54, 1.807) is 7.11 Å². The molecule has 0 radical (unpaired) electrons. The Bertz CT molecular complexity index is 230. The molecule has 1 amide bonds. The predicted molar refractivity (Wildman–Crippen MR) is 67.7 cm³/mol. The van der Waals surface area contributed by atoms with Gasteiger partial charge in [-0.2, -0.15) is 0 Å². The van der Waals surface area contributed by atoms with E-state index in [-0.39, 0.29) is 11.9 Å². The molecule has 0 aromatic carbocycles. The lowest BCUT2D eigenvalue weighted by molar-refractivity contribution is -0.123. The first-order chi connectivity index (χ1) is 8.19. The fourth-order valence-corrected chi connectivity index (χ4v) is 2.42. The predicted octanol–water partition coefficient (Wildman–Crippen LogP) is -0.0493. The van der Waals surface area contributed by atoms with Gasteiger partial charge >= 0.3 is 0 Å². The van der Waals surface area contributed by atoms with Crippen LogP contribution in [0.5, 0.6) is 0 Å². The molecule has 0 spiro atoms. The van der Waals surface area contributed by atoms with Crippen LogP contribution < -0.4 is 11.1 Å². The van der Waals surface area contributed by atoms with Crippen molar-refractivity contribution in [1.29, 1.82) is 0 Å². The number of nitrogens with two attached hydrogens (primary N) is 1.